The van der Waals surface area contributed by atoms with Gasteiger partial charge in [0.2, 0.25) is 11.8 Å². The highest BCUT2D eigenvalue weighted by molar-refractivity contribution is 6.36. The number of nitrogens with one attached hydrogen (secondary N) is 2. The van der Waals surface area contributed by atoms with E-state index >= 15 is 0 Å². The van der Waals surface area contributed by atoms with Crippen LogP contribution in [0.5, 0.6) is 0 Å². The first-order chi connectivity index (χ1) is 23.0. The molecule has 240 valence electrons. The standard InChI is InChI=1S/C39H32N2O7/c1-21-3-7-23(8-4-21)15-17-40-38(47)31-34(43)27-13-11-25(19-29(27)36(31)45)33(42)26-12-14-28-30(20-26)37(46)32(35(28)44)39(48)41-18-16-24-9-5-22(2)6-10-24/h3-14,19-20,31-32H,15-18H2,1-2H3,(H,40,47)(H,41,48). The van der Waals surface area contributed by atoms with Crippen LogP contribution in [0.2, 0.25) is 0 Å². The van der Waals surface area contributed by atoms with Gasteiger partial charge in [0.15, 0.2) is 40.8 Å². The molecule has 0 spiro atoms. The lowest BCUT2D eigenvalue weighted by Crippen LogP contribution is -2.37. The molecule has 2 aliphatic rings. The van der Waals surface area contributed by atoms with Gasteiger partial charge < -0.3 is 10.6 Å². The molecule has 9 nitrogen and oxygen atoms in total. The number of hydrogen-bond acceptors (Lipinski definition) is 7. The van der Waals surface area contributed by atoms with E-state index in [0.717, 1.165) is 22.3 Å². The molecule has 0 fully saturated rings. The van der Waals surface area contributed by atoms with Crippen LogP contribution in [-0.4, -0.2) is 53.8 Å². The van der Waals surface area contributed by atoms with E-state index in [1.54, 1.807) is 0 Å². The number of hydrogen-bond donors (Lipinski definition) is 2. The van der Waals surface area contributed by atoms with E-state index in [0.29, 0.717) is 12.8 Å². The molecule has 2 unspecified atom stereocenters. The molecule has 2 N–H and O–H groups in total. The number of fused-ring (bicyclic) bond motifs is 2. The third kappa shape index (κ3) is 6.14. The van der Waals surface area contributed by atoms with Gasteiger partial charge in [-0.3, -0.25) is 33.6 Å². The van der Waals surface area contributed by atoms with Gasteiger partial charge in [0, 0.05) is 46.5 Å². The summed E-state index contributed by atoms with van der Waals surface area (Å²) in [6, 6.07) is 23.6. The maximum Gasteiger partial charge on any atom is 0.238 e. The van der Waals surface area contributed by atoms with Gasteiger partial charge in [0.1, 0.15) is 0 Å². The molecule has 0 aromatic heterocycles. The maximum atomic E-state index is 13.5. The molecule has 4 aromatic rings. The summed E-state index contributed by atoms with van der Waals surface area (Å²) in [7, 11) is 0. The van der Waals surface area contributed by atoms with E-state index in [4.69, 9.17) is 0 Å². The Hall–Kier alpha value is -5.83. The number of amides is 2. The molecule has 0 saturated carbocycles. The molecule has 0 saturated heterocycles. The minimum Gasteiger partial charge on any atom is -0.355 e. The SMILES string of the molecule is Cc1ccc(CCNC(=O)C2C(=O)c3ccc(C(=O)c4ccc5c(c4)C(=O)C(C(=O)NCCc4ccc(C)cc4)C5=O)cc3C2=O)cc1. The van der Waals surface area contributed by atoms with Gasteiger partial charge in [-0.15, -0.1) is 0 Å². The molecule has 6 rings (SSSR count). The molecule has 0 aliphatic heterocycles. The van der Waals surface area contributed by atoms with Crippen LogP contribution in [0.15, 0.2) is 84.9 Å². The van der Waals surface area contributed by atoms with Crippen LogP contribution >= 0.6 is 0 Å². The van der Waals surface area contributed by atoms with Crippen LogP contribution < -0.4 is 10.6 Å². The molecule has 9 heteroatoms. The molecule has 4 aromatic carbocycles. The average molecular weight is 641 g/mol. The van der Waals surface area contributed by atoms with Crippen LogP contribution in [0.25, 0.3) is 0 Å². The van der Waals surface area contributed by atoms with Crippen molar-refractivity contribution in [3.63, 3.8) is 0 Å². The zero-order valence-electron chi connectivity index (χ0n) is 26.4. The van der Waals surface area contributed by atoms with Crippen molar-refractivity contribution in [3.05, 3.63) is 141 Å². The van der Waals surface area contributed by atoms with E-state index in [2.05, 4.69) is 10.6 Å². The lowest BCUT2D eigenvalue weighted by Gasteiger charge is -2.09. The quantitative estimate of drug-likeness (QED) is 0.195. The first kappa shape index (κ1) is 32.1. The van der Waals surface area contributed by atoms with E-state index in [-0.39, 0.29) is 46.5 Å². The monoisotopic (exact) mass is 640 g/mol. The Bertz CT molecular complexity index is 1880. The van der Waals surface area contributed by atoms with E-state index in [1.807, 2.05) is 62.4 Å². The van der Waals surface area contributed by atoms with Crippen molar-refractivity contribution >= 4 is 40.7 Å². The summed E-state index contributed by atoms with van der Waals surface area (Å²) in [4.78, 5) is 91.8. The van der Waals surface area contributed by atoms with E-state index in [1.165, 1.54) is 36.4 Å². The second-order valence-corrected chi connectivity index (χ2v) is 12.2. The number of carbonyl (C=O) groups excluding carboxylic acids is 7. The molecule has 0 heterocycles. The van der Waals surface area contributed by atoms with Crippen molar-refractivity contribution in [2.75, 3.05) is 13.1 Å². The van der Waals surface area contributed by atoms with Gasteiger partial charge >= 0.3 is 0 Å². The van der Waals surface area contributed by atoms with Crippen LogP contribution in [-0.2, 0) is 22.4 Å². The van der Waals surface area contributed by atoms with Crippen LogP contribution in [0.3, 0.4) is 0 Å². The fourth-order valence-corrected chi connectivity index (χ4v) is 6.09. The first-order valence-electron chi connectivity index (χ1n) is 15.7. The molecule has 0 radical (unpaired) electrons. The van der Waals surface area contributed by atoms with E-state index < -0.39 is 52.6 Å². The van der Waals surface area contributed by atoms with Crippen molar-refractivity contribution in [2.45, 2.75) is 26.7 Å². The maximum absolute atomic E-state index is 13.5. The number of ketones is 5. The lowest BCUT2D eigenvalue weighted by atomic mass is 9.96. The number of rotatable bonds is 10. The smallest absolute Gasteiger partial charge is 0.238 e. The average Bonchev–Trinajstić information content (AvgIpc) is 3.49. The summed E-state index contributed by atoms with van der Waals surface area (Å²) in [5.74, 6) is -7.67. The van der Waals surface area contributed by atoms with Crippen molar-refractivity contribution in [1.29, 1.82) is 0 Å². The zero-order chi connectivity index (χ0) is 34.1. The topological polar surface area (TPSA) is 144 Å². The van der Waals surface area contributed by atoms with Crippen LogP contribution in [0.4, 0.5) is 0 Å². The zero-order valence-corrected chi connectivity index (χ0v) is 26.4. The summed E-state index contributed by atoms with van der Waals surface area (Å²) in [6.07, 6.45) is 1.06. The number of aryl methyl sites for hydroxylation is 2. The third-order valence-electron chi connectivity index (χ3n) is 8.87. The minimum absolute atomic E-state index is 0.0284. The Morgan fingerprint density at radius 1 is 0.500 bits per heavy atom. The van der Waals surface area contributed by atoms with Crippen molar-refractivity contribution < 1.29 is 33.6 Å². The highest BCUT2D eigenvalue weighted by Crippen LogP contribution is 2.31. The minimum atomic E-state index is -1.54. The Kier molecular flexibility index (Phi) is 8.78. The van der Waals surface area contributed by atoms with Crippen molar-refractivity contribution in [2.24, 2.45) is 11.8 Å². The predicted molar refractivity (Wildman–Crippen MR) is 176 cm³/mol. The Morgan fingerprint density at radius 2 is 0.854 bits per heavy atom. The fourth-order valence-electron chi connectivity index (χ4n) is 6.09. The summed E-state index contributed by atoms with van der Waals surface area (Å²) in [5, 5.41) is 5.35. The highest BCUT2D eigenvalue weighted by Gasteiger charge is 2.45. The summed E-state index contributed by atoms with van der Waals surface area (Å²) in [5.41, 5.74) is 4.41. The largest absolute Gasteiger partial charge is 0.355 e. The van der Waals surface area contributed by atoms with Crippen molar-refractivity contribution in [3.8, 4) is 0 Å². The summed E-state index contributed by atoms with van der Waals surface area (Å²) in [6.45, 7) is 4.44. The van der Waals surface area contributed by atoms with Crippen LogP contribution in [0.1, 0.15) is 79.6 Å². The summed E-state index contributed by atoms with van der Waals surface area (Å²) >= 11 is 0. The second-order valence-electron chi connectivity index (χ2n) is 12.2. The fraction of sp³-hybridized carbons (Fsp3) is 0.205. The van der Waals surface area contributed by atoms with Gasteiger partial charge in [-0.2, -0.15) is 0 Å². The highest BCUT2D eigenvalue weighted by atomic mass is 16.2. The Balaban J connectivity index is 1.11. The number of Topliss-reactive ketones (excluding diaryl/α,β-unsaturated/α-hetero) is 4. The molecule has 0 bridgehead atoms. The summed E-state index contributed by atoms with van der Waals surface area (Å²) < 4.78 is 0. The normalized spacial score (nSPS) is 16.5. The Morgan fingerprint density at radius 3 is 1.23 bits per heavy atom. The molecule has 2 amide bonds. The molecular weight excluding hydrogens is 608 g/mol. The van der Waals surface area contributed by atoms with E-state index in [9.17, 15) is 33.6 Å². The van der Waals surface area contributed by atoms with Crippen molar-refractivity contribution in [1.82, 2.24) is 10.6 Å². The molecule has 2 atom stereocenters. The van der Waals surface area contributed by atoms with Crippen LogP contribution in [0, 0.1) is 25.7 Å². The second kappa shape index (κ2) is 13.1. The first-order valence-corrected chi connectivity index (χ1v) is 15.7. The molecular formula is C39H32N2O7. The number of benzene rings is 4. The Labute approximate surface area is 276 Å². The van der Waals surface area contributed by atoms with Gasteiger partial charge in [-0.1, -0.05) is 71.8 Å². The van der Waals surface area contributed by atoms with Gasteiger partial charge in [-0.05, 0) is 62.1 Å². The third-order valence-corrected chi connectivity index (χ3v) is 8.87. The van der Waals surface area contributed by atoms with Gasteiger partial charge in [0.25, 0.3) is 0 Å². The predicted octanol–water partition coefficient (Wildman–Crippen LogP) is 4.24. The molecule has 48 heavy (non-hydrogen) atoms. The number of carbonyl (C=O) groups is 7. The van der Waals surface area contributed by atoms with Gasteiger partial charge in [-0.25, -0.2) is 0 Å². The van der Waals surface area contributed by atoms with Gasteiger partial charge in [0.05, 0.1) is 0 Å². The lowest BCUT2D eigenvalue weighted by molar-refractivity contribution is -0.123. The molecule has 2 aliphatic carbocycles.